The Bertz CT molecular complexity index is 348. The number of benzene rings is 1. The number of hydrogen-bond acceptors (Lipinski definition) is 2. The highest BCUT2D eigenvalue weighted by Crippen LogP contribution is 2.32. The van der Waals surface area contributed by atoms with Gasteiger partial charge in [-0.15, -0.1) is 0 Å². The van der Waals surface area contributed by atoms with Crippen molar-refractivity contribution in [1.82, 2.24) is 5.32 Å². The van der Waals surface area contributed by atoms with Gasteiger partial charge in [-0.25, -0.2) is 0 Å². The van der Waals surface area contributed by atoms with Crippen LogP contribution in [0.25, 0.3) is 0 Å². The fraction of sp³-hybridized carbons (Fsp3) is 0.647. The van der Waals surface area contributed by atoms with Crippen molar-refractivity contribution in [3.05, 3.63) is 35.9 Å². The van der Waals surface area contributed by atoms with E-state index >= 15 is 0 Å². The van der Waals surface area contributed by atoms with Crippen LogP contribution in [0.3, 0.4) is 0 Å². The van der Waals surface area contributed by atoms with Crippen molar-refractivity contribution in [2.45, 2.75) is 57.6 Å². The van der Waals surface area contributed by atoms with Gasteiger partial charge in [0.1, 0.15) is 0 Å². The minimum absolute atomic E-state index is 0.155. The predicted octanol–water partition coefficient (Wildman–Crippen LogP) is 3.67. The van der Waals surface area contributed by atoms with Crippen molar-refractivity contribution < 1.29 is 5.11 Å². The summed E-state index contributed by atoms with van der Waals surface area (Å²) in [5.41, 5.74) is 1.35. The van der Waals surface area contributed by atoms with Crippen LogP contribution in [-0.4, -0.2) is 17.8 Å². The molecule has 0 heterocycles. The van der Waals surface area contributed by atoms with E-state index in [0.717, 1.165) is 13.0 Å². The summed E-state index contributed by atoms with van der Waals surface area (Å²) >= 11 is 0. The average Bonchev–Trinajstić information content (AvgIpc) is 3.28. The lowest BCUT2D eigenvalue weighted by atomic mass is 10.00. The van der Waals surface area contributed by atoms with Crippen LogP contribution in [0.4, 0.5) is 0 Å². The molecule has 1 fully saturated rings. The number of aliphatic hydroxyl groups is 1. The van der Waals surface area contributed by atoms with E-state index in [2.05, 4.69) is 42.6 Å². The highest BCUT2D eigenvalue weighted by Gasteiger charge is 2.29. The highest BCUT2D eigenvalue weighted by atomic mass is 16.3. The molecule has 2 rings (SSSR count). The van der Waals surface area contributed by atoms with Crippen LogP contribution >= 0.6 is 0 Å². The van der Waals surface area contributed by atoms with Gasteiger partial charge in [0, 0.05) is 12.6 Å². The van der Waals surface area contributed by atoms with Gasteiger partial charge in [-0.1, -0.05) is 56.5 Å². The fourth-order valence-corrected chi connectivity index (χ4v) is 2.58. The van der Waals surface area contributed by atoms with Gasteiger partial charge >= 0.3 is 0 Å². The molecule has 1 saturated carbocycles. The predicted molar refractivity (Wildman–Crippen MR) is 80.1 cm³/mol. The third-order valence-corrected chi connectivity index (χ3v) is 4.04. The maximum atomic E-state index is 9.99. The molecule has 0 spiro atoms. The second kappa shape index (κ2) is 7.66. The molecule has 0 amide bonds. The molecule has 0 radical (unpaired) electrons. The summed E-state index contributed by atoms with van der Waals surface area (Å²) in [4.78, 5) is 0. The summed E-state index contributed by atoms with van der Waals surface area (Å²) in [6, 6.07) is 11.0. The van der Waals surface area contributed by atoms with Crippen LogP contribution in [0.2, 0.25) is 0 Å². The van der Waals surface area contributed by atoms with Crippen molar-refractivity contribution in [3.8, 4) is 0 Å². The Kier molecular flexibility index (Phi) is 5.87. The number of rotatable bonds is 9. The van der Waals surface area contributed by atoms with Crippen molar-refractivity contribution in [2.24, 2.45) is 5.92 Å². The van der Waals surface area contributed by atoms with Crippen LogP contribution < -0.4 is 5.32 Å². The summed E-state index contributed by atoms with van der Waals surface area (Å²) in [5.74, 6) is 0.555. The quantitative estimate of drug-likeness (QED) is 0.665. The van der Waals surface area contributed by atoms with E-state index in [1.165, 1.54) is 37.7 Å². The smallest absolute Gasteiger partial charge is 0.0692 e. The van der Waals surface area contributed by atoms with Gasteiger partial charge in [-0.2, -0.15) is 0 Å². The van der Waals surface area contributed by atoms with E-state index in [1.54, 1.807) is 0 Å². The fourth-order valence-electron chi connectivity index (χ4n) is 2.58. The maximum absolute atomic E-state index is 9.99. The first kappa shape index (κ1) is 14.5. The first-order valence-electron chi connectivity index (χ1n) is 7.77. The average molecular weight is 261 g/mol. The Morgan fingerprint density at radius 3 is 2.58 bits per heavy atom. The van der Waals surface area contributed by atoms with Crippen molar-refractivity contribution >= 4 is 0 Å². The Morgan fingerprint density at radius 2 is 1.95 bits per heavy atom. The van der Waals surface area contributed by atoms with Crippen LogP contribution in [0.5, 0.6) is 0 Å². The second-order valence-corrected chi connectivity index (χ2v) is 5.77. The van der Waals surface area contributed by atoms with Crippen LogP contribution in [0, 0.1) is 5.92 Å². The third kappa shape index (κ3) is 4.96. The molecule has 1 aliphatic carbocycles. The van der Waals surface area contributed by atoms with Gasteiger partial charge in [0.25, 0.3) is 0 Å². The van der Waals surface area contributed by atoms with E-state index in [9.17, 15) is 5.11 Å². The molecule has 106 valence electrons. The molecule has 1 aliphatic rings. The molecule has 1 aromatic carbocycles. The normalized spacial score (nSPS) is 18.2. The summed E-state index contributed by atoms with van der Waals surface area (Å²) in [7, 11) is 0. The van der Waals surface area contributed by atoms with E-state index in [4.69, 9.17) is 0 Å². The lowest BCUT2D eigenvalue weighted by Crippen LogP contribution is -2.31. The molecular weight excluding hydrogens is 234 g/mol. The molecular formula is C17H27NO. The van der Waals surface area contributed by atoms with E-state index in [1.807, 2.05) is 0 Å². The second-order valence-electron chi connectivity index (χ2n) is 5.77. The molecule has 2 heteroatoms. The molecule has 2 atom stereocenters. The summed E-state index contributed by atoms with van der Waals surface area (Å²) < 4.78 is 0. The zero-order chi connectivity index (χ0) is 13.5. The van der Waals surface area contributed by atoms with E-state index in [-0.39, 0.29) is 6.10 Å². The van der Waals surface area contributed by atoms with Gasteiger partial charge in [-0.3, -0.25) is 0 Å². The largest absolute Gasteiger partial charge is 0.392 e. The Hall–Kier alpha value is -0.860. The molecule has 0 bridgehead atoms. The van der Waals surface area contributed by atoms with Crippen LogP contribution in [-0.2, 0) is 0 Å². The molecule has 19 heavy (non-hydrogen) atoms. The lowest BCUT2D eigenvalue weighted by Gasteiger charge is -2.21. The zero-order valence-corrected chi connectivity index (χ0v) is 12.0. The maximum Gasteiger partial charge on any atom is 0.0692 e. The first-order chi connectivity index (χ1) is 9.31. The van der Waals surface area contributed by atoms with E-state index in [0.29, 0.717) is 12.0 Å². The minimum atomic E-state index is -0.155. The standard InChI is InChI=1S/C17H27NO/c1-2-3-5-10-16(14-8-6-4-7-9-14)18-13-17(19)15-11-12-15/h4,6-9,15-19H,2-3,5,10-13H2,1H3. The SMILES string of the molecule is CCCCCC(NCC(O)C1CC1)c1ccccc1. The lowest BCUT2D eigenvalue weighted by molar-refractivity contribution is 0.144. The van der Waals surface area contributed by atoms with Gasteiger partial charge < -0.3 is 10.4 Å². The molecule has 2 N–H and O–H groups in total. The van der Waals surface area contributed by atoms with Crippen molar-refractivity contribution in [1.29, 1.82) is 0 Å². The summed E-state index contributed by atoms with van der Waals surface area (Å²) in [6.45, 7) is 2.97. The van der Waals surface area contributed by atoms with E-state index < -0.39 is 0 Å². The molecule has 0 saturated heterocycles. The Morgan fingerprint density at radius 1 is 1.21 bits per heavy atom. The molecule has 0 aromatic heterocycles. The van der Waals surface area contributed by atoms with Crippen molar-refractivity contribution in [3.63, 3.8) is 0 Å². The number of unbranched alkanes of at least 4 members (excludes halogenated alkanes) is 2. The van der Waals surface area contributed by atoms with Gasteiger partial charge in [0.05, 0.1) is 6.10 Å². The molecule has 2 nitrogen and oxygen atoms in total. The van der Waals surface area contributed by atoms with Crippen LogP contribution in [0.15, 0.2) is 30.3 Å². The summed E-state index contributed by atoms with van der Waals surface area (Å²) in [6.07, 6.45) is 7.21. The van der Waals surface area contributed by atoms with Crippen LogP contribution in [0.1, 0.15) is 57.1 Å². The topological polar surface area (TPSA) is 32.3 Å². The Labute approximate surface area is 117 Å². The number of nitrogens with one attached hydrogen (secondary N) is 1. The third-order valence-electron chi connectivity index (χ3n) is 4.04. The molecule has 1 aromatic rings. The zero-order valence-electron chi connectivity index (χ0n) is 12.0. The van der Waals surface area contributed by atoms with Gasteiger partial charge in [0.15, 0.2) is 0 Å². The minimum Gasteiger partial charge on any atom is -0.392 e. The number of hydrogen-bond donors (Lipinski definition) is 2. The monoisotopic (exact) mass is 261 g/mol. The van der Waals surface area contributed by atoms with Gasteiger partial charge in [-0.05, 0) is 30.7 Å². The molecule has 2 unspecified atom stereocenters. The van der Waals surface area contributed by atoms with Gasteiger partial charge in [0.2, 0.25) is 0 Å². The first-order valence-corrected chi connectivity index (χ1v) is 7.77. The van der Waals surface area contributed by atoms with Crippen molar-refractivity contribution in [2.75, 3.05) is 6.54 Å². The highest BCUT2D eigenvalue weighted by molar-refractivity contribution is 5.18. The molecule has 0 aliphatic heterocycles. The summed E-state index contributed by atoms with van der Waals surface area (Å²) in [5, 5.41) is 13.6. The number of aliphatic hydroxyl groups excluding tert-OH is 1. The Balaban J connectivity index is 1.85.